The van der Waals surface area contributed by atoms with Crippen LogP contribution in [-0.2, 0) is 6.18 Å². The molecule has 2 rings (SSSR count). The molecule has 7 heteroatoms. The third-order valence-corrected chi connectivity index (χ3v) is 2.90. The molecule has 2 aromatic rings. The third-order valence-electron chi connectivity index (χ3n) is 2.61. The highest BCUT2D eigenvalue weighted by Gasteiger charge is 2.33. The number of halogens is 4. The molecular weight excluding hydrogens is 293 g/mol. The van der Waals surface area contributed by atoms with Crippen molar-refractivity contribution in [2.45, 2.75) is 13.1 Å². The van der Waals surface area contributed by atoms with Gasteiger partial charge >= 0.3 is 6.18 Å². The van der Waals surface area contributed by atoms with Gasteiger partial charge in [0.2, 0.25) is 5.78 Å². The minimum absolute atomic E-state index is 0.110. The Bertz CT molecular complexity index is 671. The van der Waals surface area contributed by atoms with Crippen molar-refractivity contribution in [1.82, 2.24) is 9.97 Å². The van der Waals surface area contributed by atoms with Gasteiger partial charge in [-0.3, -0.25) is 9.78 Å². The summed E-state index contributed by atoms with van der Waals surface area (Å²) in [5.74, 6) is -0.561. The van der Waals surface area contributed by atoms with Crippen molar-refractivity contribution < 1.29 is 18.0 Å². The molecule has 3 nitrogen and oxygen atoms in total. The standard InChI is InChI=1S/C13H8ClF3N2O/c1-7-3-2-6-18-10(7)11(20)8-4-5-9(13(15,16)17)19-12(8)14/h2-6H,1H3. The molecule has 0 spiro atoms. The summed E-state index contributed by atoms with van der Waals surface area (Å²) in [6.45, 7) is 1.67. The number of alkyl halides is 3. The molecule has 0 N–H and O–H groups in total. The van der Waals surface area contributed by atoms with Gasteiger partial charge in [-0.15, -0.1) is 0 Å². The van der Waals surface area contributed by atoms with E-state index in [1.807, 2.05) is 0 Å². The Kier molecular flexibility index (Phi) is 3.76. The molecule has 20 heavy (non-hydrogen) atoms. The van der Waals surface area contributed by atoms with Gasteiger partial charge < -0.3 is 0 Å². The smallest absolute Gasteiger partial charge is 0.287 e. The van der Waals surface area contributed by atoms with E-state index in [9.17, 15) is 18.0 Å². The van der Waals surface area contributed by atoms with Gasteiger partial charge in [0.05, 0.1) is 5.56 Å². The molecule has 0 aliphatic carbocycles. The van der Waals surface area contributed by atoms with Crippen LogP contribution in [0.25, 0.3) is 0 Å². The van der Waals surface area contributed by atoms with Crippen LogP contribution in [0, 0.1) is 6.92 Å². The zero-order chi connectivity index (χ0) is 14.9. The number of carbonyl (C=O) groups excluding carboxylic acids is 1. The number of aryl methyl sites for hydroxylation is 1. The van der Waals surface area contributed by atoms with Crippen molar-refractivity contribution >= 4 is 17.4 Å². The quantitative estimate of drug-likeness (QED) is 0.627. The lowest BCUT2D eigenvalue weighted by molar-refractivity contribution is -0.141. The molecule has 0 saturated heterocycles. The minimum Gasteiger partial charge on any atom is -0.287 e. The fourth-order valence-corrected chi connectivity index (χ4v) is 1.85. The summed E-state index contributed by atoms with van der Waals surface area (Å²) >= 11 is 5.67. The lowest BCUT2D eigenvalue weighted by Crippen LogP contribution is -2.12. The van der Waals surface area contributed by atoms with Crippen molar-refractivity contribution in [2.75, 3.05) is 0 Å². The topological polar surface area (TPSA) is 42.9 Å². The molecule has 0 bridgehead atoms. The van der Waals surface area contributed by atoms with E-state index in [-0.39, 0.29) is 11.3 Å². The van der Waals surface area contributed by atoms with Gasteiger partial charge in [-0.05, 0) is 30.7 Å². The van der Waals surface area contributed by atoms with E-state index in [1.54, 1.807) is 19.1 Å². The highest BCUT2D eigenvalue weighted by molar-refractivity contribution is 6.33. The van der Waals surface area contributed by atoms with Crippen LogP contribution in [0.2, 0.25) is 5.15 Å². The molecule has 0 saturated carbocycles. The molecule has 0 amide bonds. The summed E-state index contributed by atoms with van der Waals surface area (Å²) in [7, 11) is 0. The second-order valence-corrected chi connectivity index (χ2v) is 4.39. The monoisotopic (exact) mass is 300 g/mol. The summed E-state index contributed by atoms with van der Waals surface area (Å²) in [6.07, 6.45) is -3.18. The number of ketones is 1. The van der Waals surface area contributed by atoms with Gasteiger partial charge in [-0.1, -0.05) is 17.7 Å². The Morgan fingerprint density at radius 3 is 2.50 bits per heavy atom. The van der Waals surface area contributed by atoms with Gasteiger partial charge in [0, 0.05) is 6.20 Å². The second kappa shape index (κ2) is 5.20. The molecule has 0 aromatic carbocycles. The maximum atomic E-state index is 12.5. The summed E-state index contributed by atoms with van der Waals surface area (Å²) in [5.41, 5.74) is -0.511. The van der Waals surface area contributed by atoms with Crippen LogP contribution in [0.5, 0.6) is 0 Å². The van der Waals surface area contributed by atoms with Crippen molar-refractivity contribution in [1.29, 1.82) is 0 Å². The number of pyridine rings is 2. The second-order valence-electron chi connectivity index (χ2n) is 4.03. The first kappa shape index (κ1) is 14.5. The minimum atomic E-state index is -4.61. The van der Waals surface area contributed by atoms with Crippen molar-refractivity contribution in [3.05, 3.63) is 58.1 Å². The zero-order valence-electron chi connectivity index (χ0n) is 10.2. The normalized spacial score (nSPS) is 11.4. The fourth-order valence-electron chi connectivity index (χ4n) is 1.61. The molecule has 0 unspecified atom stereocenters. The van der Waals surface area contributed by atoms with Crippen LogP contribution in [0.4, 0.5) is 13.2 Å². The van der Waals surface area contributed by atoms with Crippen molar-refractivity contribution in [3.63, 3.8) is 0 Å². The summed E-state index contributed by atoms with van der Waals surface area (Å²) in [6, 6.07) is 5.05. The molecule has 2 aromatic heterocycles. The predicted octanol–water partition coefficient (Wildman–Crippen LogP) is 3.69. The Hall–Kier alpha value is -1.95. The fraction of sp³-hybridized carbons (Fsp3) is 0.154. The van der Waals surface area contributed by atoms with Gasteiger partial charge in [0.25, 0.3) is 0 Å². The zero-order valence-corrected chi connectivity index (χ0v) is 11.0. The lowest BCUT2D eigenvalue weighted by atomic mass is 10.1. The van der Waals surface area contributed by atoms with Crippen LogP contribution in [0.15, 0.2) is 30.5 Å². The largest absolute Gasteiger partial charge is 0.433 e. The van der Waals surface area contributed by atoms with Crippen LogP contribution >= 0.6 is 11.6 Å². The van der Waals surface area contributed by atoms with Gasteiger partial charge in [0.15, 0.2) is 0 Å². The summed E-state index contributed by atoms with van der Waals surface area (Å²) in [5, 5.41) is -0.491. The number of rotatable bonds is 2. The molecule has 2 heterocycles. The molecule has 0 aliphatic heterocycles. The summed E-state index contributed by atoms with van der Waals surface area (Å²) in [4.78, 5) is 19.3. The number of hydrogen-bond donors (Lipinski definition) is 0. The van der Waals surface area contributed by atoms with Crippen LogP contribution in [0.3, 0.4) is 0 Å². The Morgan fingerprint density at radius 2 is 1.95 bits per heavy atom. The van der Waals surface area contributed by atoms with E-state index >= 15 is 0 Å². The van der Waals surface area contributed by atoms with Crippen LogP contribution in [-0.4, -0.2) is 15.8 Å². The number of aromatic nitrogens is 2. The highest BCUT2D eigenvalue weighted by Crippen LogP contribution is 2.30. The summed E-state index contributed by atoms with van der Waals surface area (Å²) < 4.78 is 37.4. The SMILES string of the molecule is Cc1cccnc1C(=O)c1ccc(C(F)(F)F)nc1Cl. The van der Waals surface area contributed by atoms with Gasteiger partial charge in [0.1, 0.15) is 16.5 Å². The van der Waals surface area contributed by atoms with E-state index in [0.29, 0.717) is 5.56 Å². The third kappa shape index (κ3) is 2.80. The first-order valence-corrected chi connectivity index (χ1v) is 5.88. The first-order chi connectivity index (χ1) is 9.30. The van der Waals surface area contributed by atoms with E-state index in [4.69, 9.17) is 11.6 Å². The van der Waals surface area contributed by atoms with Gasteiger partial charge in [-0.2, -0.15) is 13.2 Å². The van der Waals surface area contributed by atoms with Crippen LogP contribution < -0.4 is 0 Å². The Labute approximate surface area is 117 Å². The molecule has 0 atom stereocenters. The molecule has 104 valence electrons. The van der Waals surface area contributed by atoms with E-state index < -0.39 is 22.8 Å². The average Bonchev–Trinajstić information content (AvgIpc) is 2.37. The molecular formula is C13H8ClF3N2O. The average molecular weight is 301 g/mol. The van der Waals surface area contributed by atoms with Crippen molar-refractivity contribution in [2.24, 2.45) is 0 Å². The van der Waals surface area contributed by atoms with Gasteiger partial charge in [-0.25, -0.2) is 4.98 Å². The molecule has 0 aliphatic rings. The Morgan fingerprint density at radius 1 is 1.25 bits per heavy atom. The predicted molar refractivity (Wildman–Crippen MR) is 66.7 cm³/mol. The first-order valence-electron chi connectivity index (χ1n) is 5.51. The number of carbonyl (C=O) groups is 1. The highest BCUT2D eigenvalue weighted by atomic mass is 35.5. The van der Waals surface area contributed by atoms with E-state index in [0.717, 1.165) is 12.1 Å². The number of hydrogen-bond acceptors (Lipinski definition) is 3. The molecule has 0 radical (unpaired) electrons. The lowest BCUT2D eigenvalue weighted by Gasteiger charge is -2.09. The Balaban J connectivity index is 2.45. The maximum Gasteiger partial charge on any atom is 0.433 e. The van der Waals surface area contributed by atoms with E-state index in [1.165, 1.54) is 6.20 Å². The van der Waals surface area contributed by atoms with Crippen molar-refractivity contribution in [3.8, 4) is 0 Å². The van der Waals surface area contributed by atoms with E-state index in [2.05, 4.69) is 9.97 Å². The number of nitrogens with zero attached hydrogens (tertiary/aromatic N) is 2. The maximum absolute atomic E-state index is 12.5. The molecule has 0 fully saturated rings. The van der Waals surface area contributed by atoms with Crippen LogP contribution in [0.1, 0.15) is 27.3 Å².